The molecule has 1 atom stereocenters. The molecular formula is C10H6F5N5O. The van der Waals surface area contributed by atoms with Crippen molar-refractivity contribution >= 4 is 5.91 Å². The summed E-state index contributed by atoms with van der Waals surface area (Å²) >= 11 is 0. The van der Waals surface area contributed by atoms with E-state index in [9.17, 15) is 26.7 Å². The van der Waals surface area contributed by atoms with Crippen LogP contribution in [0, 0.1) is 29.1 Å². The number of rotatable bonds is 3. The molecule has 1 heterocycles. The van der Waals surface area contributed by atoms with Crippen molar-refractivity contribution in [1.29, 1.82) is 0 Å². The van der Waals surface area contributed by atoms with E-state index < -0.39 is 46.6 Å². The predicted molar refractivity (Wildman–Crippen MR) is 56.3 cm³/mol. The fraction of sp³-hybridized carbons (Fsp3) is 0.200. The van der Waals surface area contributed by atoms with Crippen molar-refractivity contribution in [3.8, 4) is 0 Å². The molecule has 112 valence electrons. The Morgan fingerprint density at radius 1 is 1.05 bits per heavy atom. The lowest BCUT2D eigenvalue weighted by Crippen LogP contribution is -2.30. The molecule has 6 nitrogen and oxygen atoms in total. The number of nitrogens with zero attached hydrogens (tertiary/aromatic N) is 3. The largest absolute Gasteiger partial charge is 0.342 e. The lowest BCUT2D eigenvalue weighted by atomic mass is 10.1. The highest BCUT2D eigenvalue weighted by molar-refractivity contribution is 5.95. The number of amides is 1. The summed E-state index contributed by atoms with van der Waals surface area (Å²) < 4.78 is 65.7. The lowest BCUT2D eigenvalue weighted by Gasteiger charge is -2.12. The molecule has 1 aromatic carbocycles. The Morgan fingerprint density at radius 3 is 2.05 bits per heavy atom. The highest BCUT2D eigenvalue weighted by atomic mass is 19.2. The first kappa shape index (κ1) is 14.8. The van der Waals surface area contributed by atoms with Gasteiger partial charge in [0.15, 0.2) is 29.1 Å². The zero-order chi connectivity index (χ0) is 15.7. The molecule has 0 aliphatic rings. The Kier molecular flexibility index (Phi) is 3.82. The number of tetrazole rings is 1. The SMILES string of the molecule is CC(NC(=O)c1c(F)c(F)c(F)c(F)c1F)c1nn[nH]n1. The van der Waals surface area contributed by atoms with Crippen LogP contribution in [-0.2, 0) is 0 Å². The quantitative estimate of drug-likeness (QED) is 0.510. The van der Waals surface area contributed by atoms with Gasteiger partial charge in [0.05, 0.1) is 6.04 Å². The Hall–Kier alpha value is -2.59. The molecule has 0 saturated carbocycles. The zero-order valence-corrected chi connectivity index (χ0v) is 10.2. The van der Waals surface area contributed by atoms with Gasteiger partial charge in [0.25, 0.3) is 5.91 Å². The molecule has 0 aliphatic heterocycles. The van der Waals surface area contributed by atoms with Crippen LogP contribution in [0.15, 0.2) is 0 Å². The number of carbonyl (C=O) groups excluding carboxylic acids is 1. The van der Waals surface area contributed by atoms with E-state index in [1.807, 2.05) is 5.32 Å². The number of halogens is 5. The topological polar surface area (TPSA) is 83.6 Å². The molecule has 0 bridgehead atoms. The number of aromatic nitrogens is 4. The Bertz CT molecular complexity index is 661. The van der Waals surface area contributed by atoms with E-state index in [2.05, 4.69) is 20.6 Å². The van der Waals surface area contributed by atoms with E-state index in [1.165, 1.54) is 6.92 Å². The molecule has 2 N–H and O–H groups in total. The van der Waals surface area contributed by atoms with E-state index in [4.69, 9.17) is 0 Å². The van der Waals surface area contributed by atoms with Gasteiger partial charge in [-0.15, -0.1) is 10.2 Å². The van der Waals surface area contributed by atoms with Crippen molar-refractivity contribution in [2.75, 3.05) is 0 Å². The second-order valence-electron chi connectivity index (χ2n) is 3.91. The summed E-state index contributed by atoms with van der Waals surface area (Å²) in [5.74, 6) is -12.7. The van der Waals surface area contributed by atoms with Gasteiger partial charge in [-0.1, -0.05) is 5.21 Å². The minimum atomic E-state index is -2.34. The number of hydrogen-bond acceptors (Lipinski definition) is 4. The van der Waals surface area contributed by atoms with Crippen LogP contribution >= 0.6 is 0 Å². The fourth-order valence-electron chi connectivity index (χ4n) is 1.49. The summed E-state index contributed by atoms with van der Waals surface area (Å²) in [4.78, 5) is 11.7. The van der Waals surface area contributed by atoms with Crippen molar-refractivity contribution < 1.29 is 26.7 Å². The summed E-state index contributed by atoms with van der Waals surface area (Å²) in [6.07, 6.45) is 0. The van der Waals surface area contributed by atoms with Crippen molar-refractivity contribution in [3.05, 3.63) is 40.5 Å². The minimum Gasteiger partial charge on any atom is -0.342 e. The predicted octanol–water partition coefficient (Wildman–Crippen LogP) is 1.39. The molecule has 0 aliphatic carbocycles. The van der Waals surface area contributed by atoms with E-state index in [1.54, 1.807) is 0 Å². The molecular weight excluding hydrogens is 301 g/mol. The first-order chi connectivity index (χ1) is 9.84. The number of H-pyrrole nitrogens is 1. The average Bonchev–Trinajstić information content (AvgIpc) is 2.97. The van der Waals surface area contributed by atoms with Gasteiger partial charge in [-0.25, -0.2) is 22.0 Å². The van der Waals surface area contributed by atoms with Gasteiger partial charge in [0, 0.05) is 0 Å². The van der Waals surface area contributed by atoms with Gasteiger partial charge in [0.2, 0.25) is 5.82 Å². The van der Waals surface area contributed by atoms with Gasteiger partial charge in [-0.2, -0.15) is 5.21 Å². The van der Waals surface area contributed by atoms with Crippen LogP contribution < -0.4 is 5.32 Å². The summed E-state index contributed by atoms with van der Waals surface area (Å²) in [6.45, 7) is 1.33. The highest BCUT2D eigenvalue weighted by Crippen LogP contribution is 2.23. The maximum absolute atomic E-state index is 13.4. The van der Waals surface area contributed by atoms with E-state index in [-0.39, 0.29) is 5.82 Å². The van der Waals surface area contributed by atoms with E-state index >= 15 is 0 Å². The number of benzene rings is 1. The third kappa shape index (κ3) is 2.53. The van der Waals surface area contributed by atoms with Crippen molar-refractivity contribution in [2.24, 2.45) is 0 Å². The smallest absolute Gasteiger partial charge is 0.258 e. The summed E-state index contributed by atoms with van der Waals surface area (Å²) in [5, 5.41) is 14.3. The first-order valence-electron chi connectivity index (χ1n) is 5.40. The normalized spacial score (nSPS) is 12.3. The third-order valence-corrected chi connectivity index (χ3v) is 2.53. The third-order valence-electron chi connectivity index (χ3n) is 2.53. The molecule has 0 saturated heterocycles. The number of carbonyl (C=O) groups is 1. The molecule has 0 radical (unpaired) electrons. The molecule has 1 unspecified atom stereocenters. The van der Waals surface area contributed by atoms with Gasteiger partial charge in [0.1, 0.15) is 5.56 Å². The van der Waals surface area contributed by atoms with E-state index in [0.717, 1.165) is 0 Å². The van der Waals surface area contributed by atoms with Crippen LogP contribution in [0.25, 0.3) is 0 Å². The molecule has 0 spiro atoms. The van der Waals surface area contributed by atoms with Gasteiger partial charge in [-0.3, -0.25) is 4.79 Å². The van der Waals surface area contributed by atoms with Crippen molar-refractivity contribution in [1.82, 2.24) is 25.9 Å². The Labute approximate surface area is 113 Å². The maximum Gasteiger partial charge on any atom is 0.258 e. The molecule has 1 amide bonds. The Balaban J connectivity index is 2.36. The van der Waals surface area contributed by atoms with Gasteiger partial charge >= 0.3 is 0 Å². The molecule has 11 heteroatoms. The highest BCUT2D eigenvalue weighted by Gasteiger charge is 2.30. The fourth-order valence-corrected chi connectivity index (χ4v) is 1.49. The summed E-state index contributed by atoms with van der Waals surface area (Å²) in [7, 11) is 0. The molecule has 21 heavy (non-hydrogen) atoms. The standard InChI is InChI=1S/C10H6F5N5O/c1-2(9-17-19-20-18-9)16-10(21)3-4(11)6(13)8(15)7(14)5(3)12/h2H,1H3,(H,16,21)(H,17,18,19,20). The molecule has 2 rings (SSSR count). The minimum absolute atomic E-state index is 0.0350. The zero-order valence-electron chi connectivity index (χ0n) is 10.2. The van der Waals surface area contributed by atoms with Crippen LogP contribution in [-0.4, -0.2) is 26.5 Å². The van der Waals surface area contributed by atoms with Crippen LogP contribution in [0.3, 0.4) is 0 Å². The number of hydrogen-bond donors (Lipinski definition) is 2. The maximum atomic E-state index is 13.4. The molecule has 1 aromatic heterocycles. The van der Waals surface area contributed by atoms with Crippen LogP contribution in [0.4, 0.5) is 22.0 Å². The van der Waals surface area contributed by atoms with Crippen LogP contribution in [0.5, 0.6) is 0 Å². The first-order valence-corrected chi connectivity index (χ1v) is 5.40. The average molecular weight is 307 g/mol. The summed E-state index contributed by atoms with van der Waals surface area (Å²) in [6, 6.07) is -0.966. The second-order valence-corrected chi connectivity index (χ2v) is 3.91. The number of nitrogens with one attached hydrogen (secondary N) is 2. The van der Waals surface area contributed by atoms with Crippen LogP contribution in [0.2, 0.25) is 0 Å². The molecule has 0 fully saturated rings. The Morgan fingerprint density at radius 2 is 1.57 bits per heavy atom. The van der Waals surface area contributed by atoms with Crippen molar-refractivity contribution in [3.63, 3.8) is 0 Å². The van der Waals surface area contributed by atoms with Gasteiger partial charge < -0.3 is 5.32 Å². The number of aromatic amines is 1. The van der Waals surface area contributed by atoms with E-state index in [0.29, 0.717) is 0 Å². The monoisotopic (exact) mass is 307 g/mol. The second kappa shape index (κ2) is 5.42. The lowest BCUT2D eigenvalue weighted by molar-refractivity contribution is 0.0926. The van der Waals surface area contributed by atoms with Gasteiger partial charge in [-0.05, 0) is 6.92 Å². The van der Waals surface area contributed by atoms with Crippen LogP contribution in [0.1, 0.15) is 29.1 Å². The summed E-state index contributed by atoms with van der Waals surface area (Å²) in [5.41, 5.74) is -1.58. The van der Waals surface area contributed by atoms with Crippen molar-refractivity contribution in [2.45, 2.75) is 13.0 Å². The molecule has 2 aromatic rings.